The van der Waals surface area contributed by atoms with Gasteiger partial charge in [0, 0.05) is 25.7 Å². The minimum atomic E-state index is -0.546. The Morgan fingerprint density at radius 3 is 2.57 bits per heavy atom. The normalized spacial score (nSPS) is 14.2. The lowest BCUT2D eigenvalue weighted by Gasteiger charge is -2.33. The Kier molecular flexibility index (Phi) is 4.94. The highest BCUT2D eigenvalue weighted by atomic mass is 16.6. The van der Waals surface area contributed by atoms with Gasteiger partial charge in [0.05, 0.1) is 6.61 Å². The summed E-state index contributed by atoms with van der Waals surface area (Å²) in [4.78, 5) is 25.2. The van der Waals surface area contributed by atoms with Crippen LogP contribution in [-0.2, 0) is 29.1 Å². The van der Waals surface area contributed by atoms with Gasteiger partial charge in [-0.15, -0.1) is 0 Å². The Labute approximate surface area is 136 Å². The Bertz CT molecular complexity index is 620. The fourth-order valence-corrected chi connectivity index (χ4v) is 2.68. The predicted molar refractivity (Wildman–Crippen MR) is 87.0 cm³/mol. The summed E-state index contributed by atoms with van der Waals surface area (Å²) in [7, 11) is 0. The van der Waals surface area contributed by atoms with Crippen LogP contribution in [0, 0.1) is 0 Å². The van der Waals surface area contributed by atoms with Gasteiger partial charge in [-0.25, -0.2) is 4.79 Å². The Hall–Kier alpha value is -2.08. The number of rotatable bonds is 2. The lowest BCUT2D eigenvalue weighted by molar-refractivity contribution is -0.114. The number of amides is 2. The number of fused-ring (bicyclic) bond motifs is 1. The molecule has 0 unspecified atom stereocenters. The first-order valence-electron chi connectivity index (χ1n) is 7.71. The molecule has 0 aliphatic carbocycles. The Balaban J connectivity index is 2.28. The average molecular weight is 320 g/mol. The molecule has 0 bridgehead atoms. The van der Waals surface area contributed by atoms with Crippen molar-refractivity contribution in [2.24, 2.45) is 0 Å². The van der Waals surface area contributed by atoms with E-state index in [1.165, 1.54) is 6.92 Å². The third-order valence-electron chi connectivity index (χ3n) is 3.64. The van der Waals surface area contributed by atoms with Crippen LogP contribution in [-0.4, -0.2) is 34.2 Å². The highest BCUT2D eigenvalue weighted by Gasteiger charge is 2.28. The van der Waals surface area contributed by atoms with E-state index in [4.69, 9.17) is 4.74 Å². The molecule has 1 aliphatic rings. The van der Waals surface area contributed by atoms with Crippen molar-refractivity contribution in [2.45, 2.75) is 52.9 Å². The van der Waals surface area contributed by atoms with Gasteiger partial charge < -0.3 is 20.1 Å². The van der Waals surface area contributed by atoms with E-state index in [0.717, 1.165) is 22.4 Å². The van der Waals surface area contributed by atoms with Gasteiger partial charge in [-0.3, -0.25) is 4.79 Å². The minimum absolute atomic E-state index is 0.106. The van der Waals surface area contributed by atoms with Crippen molar-refractivity contribution in [1.29, 1.82) is 0 Å². The Morgan fingerprint density at radius 1 is 1.30 bits per heavy atom. The van der Waals surface area contributed by atoms with Gasteiger partial charge in [-0.1, -0.05) is 6.07 Å². The number of aliphatic hydroxyl groups excluding tert-OH is 1. The number of nitrogens with zero attached hydrogens (tertiary/aromatic N) is 1. The van der Waals surface area contributed by atoms with Crippen LogP contribution in [0.2, 0.25) is 0 Å². The lowest BCUT2D eigenvalue weighted by Crippen LogP contribution is -2.40. The van der Waals surface area contributed by atoms with Crippen LogP contribution in [0.1, 0.15) is 44.4 Å². The lowest BCUT2D eigenvalue weighted by atomic mass is 9.93. The van der Waals surface area contributed by atoms with Gasteiger partial charge in [0.2, 0.25) is 5.91 Å². The molecule has 1 aromatic carbocycles. The molecular weight excluding hydrogens is 296 g/mol. The molecule has 0 aromatic heterocycles. The zero-order valence-electron chi connectivity index (χ0n) is 14.1. The quantitative estimate of drug-likeness (QED) is 0.877. The number of carbonyl (C=O) groups is 2. The number of benzene rings is 1. The van der Waals surface area contributed by atoms with Crippen LogP contribution in [0.3, 0.4) is 0 Å². The van der Waals surface area contributed by atoms with Crippen molar-refractivity contribution >= 4 is 17.7 Å². The zero-order valence-corrected chi connectivity index (χ0v) is 14.1. The van der Waals surface area contributed by atoms with Crippen molar-refractivity contribution in [3.63, 3.8) is 0 Å². The molecule has 0 saturated carbocycles. The largest absolute Gasteiger partial charge is 0.444 e. The highest BCUT2D eigenvalue weighted by Crippen LogP contribution is 2.30. The molecule has 23 heavy (non-hydrogen) atoms. The molecule has 0 fully saturated rings. The number of hydrogen-bond donors (Lipinski definition) is 2. The second-order valence-electron chi connectivity index (χ2n) is 6.72. The molecule has 2 rings (SSSR count). The van der Waals surface area contributed by atoms with E-state index in [1.807, 2.05) is 20.8 Å². The zero-order chi connectivity index (χ0) is 17.2. The molecular formula is C17H24N2O4. The number of nitrogens with one attached hydrogen (secondary N) is 1. The van der Waals surface area contributed by atoms with E-state index in [9.17, 15) is 14.7 Å². The smallest absolute Gasteiger partial charge is 0.410 e. The molecule has 1 heterocycles. The maximum absolute atomic E-state index is 12.3. The maximum Gasteiger partial charge on any atom is 0.410 e. The van der Waals surface area contributed by atoms with Crippen molar-refractivity contribution in [1.82, 2.24) is 4.90 Å². The van der Waals surface area contributed by atoms with E-state index in [2.05, 4.69) is 5.32 Å². The number of hydrogen-bond acceptors (Lipinski definition) is 4. The van der Waals surface area contributed by atoms with E-state index >= 15 is 0 Å². The SMILES string of the molecule is CC(=O)Nc1ccc(CO)c2c1CCN(C(=O)OC(C)(C)C)C2. The topological polar surface area (TPSA) is 78.9 Å². The Morgan fingerprint density at radius 2 is 2.00 bits per heavy atom. The second kappa shape index (κ2) is 6.58. The summed E-state index contributed by atoms with van der Waals surface area (Å²) in [5.41, 5.74) is 2.83. The molecule has 126 valence electrons. The summed E-state index contributed by atoms with van der Waals surface area (Å²) in [6.45, 7) is 7.73. The molecule has 2 amide bonds. The highest BCUT2D eigenvalue weighted by molar-refractivity contribution is 5.90. The second-order valence-corrected chi connectivity index (χ2v) is 6.72. The summed E-state index contributed by atoms with van der Waals surface area (Å²) in [5, 5.41) is 12.4. The third kappa shape index (κ3) is 4.22. The van der Waals surface area contributed by atoms with Crippen molar-refractivity contribution in [3.8, 4) is 0 Å². The van der Waals surface area contributed by atoms with Crippen LogP contribution in [0.25, 0.3) is 0 Å². The molecule has 6 heteroatoms. The van der Waals surface area contributed by atoms with Crippen molar-refractivity contribution in [2.75, 3.05) is 11.9 Å². The van der Waals surface area contributed by atoms with Crippen molar-refractivity contribution in [3.05, 3.63) is 28.8 Å². The summed E-state index contributed by atoms with van der Waals surface area (Å²) < 4.78 is 5.42. The van der Waals surface area contributed by atoms with Gasteiger partial charge >= 0.3 is 6.09 Å². The molecule has 2 N–H and O–H groups in total. The van der Waals surface area contributed by atoms with Gasteiger partial charge in [-0.05, 0) is 49.9 Å². The number of carbonyl (C=O) groups excluding carboxylic acids is 2. The van der Waals surface area contributed by atoms with Crippen molar-refractivity contribution < 1.29 is 19.4 Å². The first-order chi connectivity index (χ1) is 10.7. The summed E-state index contributed by atoms with van der Waals surface area (Å²) in [6.07, 6.45) is 0.245. The number of aliphatic hydroxyl groups is 1. The molecule has 6 nitrogen and oxygen atoms in total. The standard InChI is InChI=1S/C17H24N2O4/c1-11(21)18-15-6-5-12(10-20)14-9-19(8-7-13(14)15)16(22)23-17(2,3)4/h5-6,20H,7-10H2,1-4H3,(H,18,21). The van der Waals surface area contributed by atoms with Crippen LogP contribution >= 0.6 is 0 Å². The fourth-order valence-electron chi connectivity index (χ4n) is 2.68. The third-order valence-corrected chi connectivity index (χ3v) is 3.64. The van der Waals surface area contributed by atoms with Crippen LogP contribution in [0.5, 0.6) is 0 Å². The van der Waals surface area contributed by atoms with Gasteiger partial charge in [0.15, 0.2) is 0 Å². The van der Waals surface area contributed by atoms with Crippen LogP contribution in [0.15, 0.2) is 12.1 Å². The predicted octanol–water partition coefficient (Wildman–Crippen LogP) is 2.43. The molecule has 1 aromatic rings. The fraction of sp³-hybridized carbons (Fsp3) is 0.529. The minimum Gasteiger partial charge on any atom is -0.444 e. The first-order valence-corrected chi connectivity index (χ1v) is 7.71. The first kappa shape index (κ1) is 17.3. The molecule has 0 atom stereocenters. The maximum atomic E-state index is 12.3. The summed E-state index contributed by atoms with van der Waals surface area (Å²) in [6, 6.07) is 3.58. The molecule has 0 saturated heterocycles. The molecule has 1 aliphatic heterocycles. The average Bonchev–Trinajstić information content (AvgIpc) is 2.44. The van der Waals surface area contributed by atoms with Crippen LogP contribution in [0.4, 0.5) is 10.5 Å². The van der Waals surface area contributed by atoms with E-state index < -0.39 is 5.60 Å². The van der Waals surface area contributed by atoms with Gasteiger partial charge in [0.1, 0.15) is 5.60 Å². The number of anilines is 1. The van der Waals surface area contributed by atoms with Gasteiger partial charge in [0.25, 0.3) is 0 Å². The van der Waals surface area contributed by atoms with E-state index in [0.29, 0.717) is 19.5 Å². The summed E-state index contributed by atoms with van der Waals surface area (Å²) >= 11 is 0. The molecule has 0 radical (unpaired) electrons. The molecule has 0 spiro atoms. The van der Waals surface area contributed by atoms with Gasteiger partial charge in [-0.2, -0.15) is 0 Å². The van der Waals surface area contributed by atoms with E-state index in [-0.39, 0.29) is 18.6 Å². The monoisotopic (exact) mass is 320 g/mol. The number of ether oxygens (including phenoxy) is 1. The summed E-state index contributed by atoms with van der Waals surface area (Å²) in [5.74, 6) is -0.140. The van der Waals surface area contributed by atoms with E-state index in [1.54, 1.807) is 17.0 Å². The van der Waals surface area contributed by atoms with Crippen LogP contribution < -0.4 is 5.32 Å².